The Morgan fingerprint density at radius 1 is 1.29 bits per heavy atom. The number of amides is 1. The zero-order valence-electron chi connectivity index (χ0n) is 11.7. The maximum Gasteiger partial charge on any atom is 0.305 e. The smallest absolute Gasteiger partial charge is 0.305 e. The lowest BCUT2D eigenvalue weighted by Gasteiger charge is -2.08. The van der Waals surface area contributed by atoms with Crippen LogP contribution in [0, 0.1) is 0 Å². The summed E-state index contributed by atoms with van der Waals surface area (Å²) in [5.74, 6) is -0.336. The molecule has 0 aromatic heterocycles. The molecule has 0 unspecified atom stereocenters. The molecule has 1 aromatic rings. The van der Waals surface area contributed by atoms with E-state index in [9.17, 15) is 9.59 Å². The summed E-state index contributed by atoms with van der Waals surface area (Å²) in [4.78, 5) is 22.9. The highest BCUT2D eigenvalue weighted by atomic mass is 79.9. The van der Waals surface area contributed by atoms with Gasteiger partial charge in [0.05, 0.1) is 18.8 Å². The summed E-state index contributed by atoms with van der Waals surface area (Å²) in [7, 11) is 0. The number of esters is 1. The predicted octanol–water partition coefficient (Wildman–Crippen LogP) is 3.08. The summed E-state index contributed by atoms with van der Waals surface area (Å²) < 4.78 is 6.56. The van der Waals surface area contributed by atoms with Crippen molar-refractivity contribution in [2.45, 2.75) is 19.8 Å². The van der Waals surface area contributed by atoms with Crippen molar-refractivity contribution in [1.82, 2.24) is 5.32 Å². The standard InChI is InChI=1S/C14H18Br2N2O3/c1-2-21-14(20)4-3-7-17-9-13(19)18-12-6-5-10(15)8-11(12)16/h5-6,8,17H,2-4,7,9H2,1H3,(H,18,19). The molecule has 5 nitrogen and oxygen atoms in total. The van der Waals surface area contributed by atoms with Crippen molar-refractivity contribution >= 4 is 49.4 Å². The van der Waals surface area contributed by atoms with E-state index in [4.69, 9.17) is 4.74 Å². The molecule has 0 fully saturated rings. The van der Waals surface area contributed by atoms with Crippen molar-refractivity contribution in [2.24, 2.45) is 0 Å². The van der Waals surface area contributed by atoms with E-state index in [0.29, 0.717) is 26.0 Å². The minimum absolute atomic E-state index is 0.130. The van der Waals surface area contributed by atoms with Crippen molar-refractivity contribution in [3.8, 4) is 0 Å². The summed E-state index contributed by atoms with van der Waals surface area (Å²) in [6.07, 6.45) is 1.01. The highest BCUT2D eigenvalue weighted by molar-refractivity contribution is 9.11. The van der Waals surface area contributed by atoms with E-state index in [-0.39, 0.29) is 18.4 Å². The molecule has 0 aliphatic heterocycles. The summed E-state index contributed by atoms with van der Waals surface area (Å²) >= 11 is 6.73. The monoisotopic (exact) mass is 420 g/mol. The molecule has 0 saturated carbocycles. The van der Waals surface area contributed by atoms with Gasteiger partial charge in [-0.05, 0) is 54.0 Å². The molecule has 116 valence electrons. The maximum absolute atomic E-state index is 11.8. The van der Waals surface area contributed by atoms with Crippen LogP contribution >= 0.6 is 31.9 Å². The molecular formula is C14H18Br2N2O3. The number of halogens is 2. The van der Waals surface area contributed by atoms with Crippen molar-refractivity contribution in [3.05, 3.63) is 27.1 Å². The Morgan fingerprint density at radius 3 is 2.71 bits per heavy atom. The third-order valence-electron chi connectivity index (χ3n) is 2.53. The van der Waals surface area contributed by atoms with Gasteiger partial charge in [0.1, 0.15) is 0 Å². The second-order valence-electron chi connectivity index (χ2n) is 4.26. The fraction of sp³-hybridized carbons (Fsp3) is 0.429. The van der Waals surface area contributed by atoms with Gasteiger partial charge in [-0.25, -0.2) is 0 Å². The first-order valence-corrected chi connectivity index (χ1v) is 8.22. The van der Waals surface area contributed by atoms with Crippen molar-refractivity contribution in [1.29, 1.82) is 0 Å². The molecular weight excluding hydrogens is 404 g/mol. The highest BCUT2D eigenvalue weighted by Crippen LogP contribution is 2.25. The van der Waals surface area contributed by atoms with Gasteiger partial charge < -0.3 is 15.4 Å². The van der Waals surface area contributed by atoms with Gasteiger partial charge in [0.25, 0.3) is 0 Å². The summed E-state index contributed by atoms with van der Waals surface area (Å²) in [6, 6.07) is 5.53. The van der Waals surface area contributed by atoms with Gasteiger partial charge in [-0.2, -0.15) is 0 Å². The van der Waals surface area contributed by atoms with Gasteiger partial charge in [-0.3, -0.25) is 9.59 Å². The Hall–Kier alpha value is -0.920. The molecule has 0 aliphatic carbocycles. The topological polar surface area (TPSA) is 67.4 Å². The molecule has 0 atom stereocenters. The van der Waals surface area contributed by atoms with E-state index in [0.717, 1.165) is 14.6 Å². The lowest BCUT2D eigenvalue weighted by molar-refractivity contribution is -0.143. The van der Waals surface area contributed by atoms with Gasteiger partial charge >= 0.3 is 5.97 Å². The van der Waals surface area contributed by atoms with Crippen molar-refractivity contribution < 1.29 is 14.3 Å². The van der Waals surface area contributed by atoms with E-state index >= 15 is 0 Å². The average molecular weight is 422 g/mol. The van der Waals surface area contributed by atoms with Crippen LogP contribution in [0.3, 0.4) is 0 Å². The van der Waals surface area contributed by atoms with Crippen LogP contribution in [0.15, 0.2) is 27.1 Å². The number of benzene rings is 1. The molecule has 0 aliphatic rings. The van der Waals surface area contributed by atoms with Gasteiger partial charge in [0.2, 0.25) is 5.91 Å². The van der Waals surface area contributed by atoms with Crippen LogP contribution in [0.25, 0.3) is 0 Å². The zero-order chi connectivity index (χ0) is 15.7. The number of anilines is 1. The Morgan fingerprint density at radius 2 is 2.05 bits per heavy atom. The van der Waals surface area contributed by atoms with Crippen LogP contribution in [0.1, 0.15) is 19.8 Å². The lowest BCUT2D eigenvalue weighted by atomic mass is 10.3. The summed E-state index contributed by atoms with van der Waals surface area (Å²) in [5, 5.41) is 5.79. The van der Waals surface area contributed by atoms with E-state index in [1.54, 1.807) is 6.92 Å². The first-order chi connectivity index (χ1) is 10.0. The van der Waals surface area contributed by atoms with Gasteiger partial charge in [-0.15, -0.1) is 0 Å². The normalized spacial score (nSPS) is 10.2. The lowest BCUT2D eigenvalue weighted by Crippen LogP contribution is -2.29. The van der Waals surface area contributed by atoms with Crippen LogP contribution < -0.4 is 10.6 Å². The second-order valence-corrected chi connectivity index (χ2v) is 6.03. The minimum atomic E-state index is -0.206. The number of ether oxygens (including phenoxy) is 1. The highest BCUT2D eigenvalue weighted by Gasteiger charge is 2.06. The zero-order valence-corrected chi connectivity index (χ0v) is 14.9. The SMILES string of the molecule is CCOC(=O)CCCNCC(=O)Nc1ccc(Br)cc1Br. The Bertz CT molecular complexity index is 495. The number of carbonyl (C=O) groups is 2. The predicted molar refractivity (Wildman–Crippen MR) is 89.2 cm³/mol. The van der Waals surface area contributed by atoms with Crippen molar-refractivity contribution in [2.75, 3.05) is 25.0 Å². The molecule has 0 saturated heterocycles. The van der Waals surface area contributed by atoms with Crippen LogP contribution in [-0.4, -0.2) is 31.6 Å². The van der Waals surface area contributed by atoms with E-state index in [1.807, 2.05) is 18.2 Å². The quantitative estimate of drug-likeness (QED) is 0.500. The number of hydrogen-bond donors (Lipinski definition) is 2. The molecule has 0 spiro atoms. The number of rotatable bonds is 8. The molecule has 2 N–H and O–H groups in total. The van der Waals surface area contributed by atoms with Gasteiger partial charge in [0, 0.05) is 15.4 Å². The molecule has 21 heavy (non-hydrogen) atoms. The second kappa shape index (κ2) is 9.92. The van der Waals surface area contributed by atoms with Crippen molar-refractivity contribution in [3.63, 3.8) is 0 Å². The Kier molecular flexibility index (Phi) is 8.56. The van der Waals surface area contributed by atoms with Crippen LogP contribution in [0.2, 0.25) is 0 Å². The van der Waals surface area contributed by atoms with Crippen LogP contribution in [0.4, 0.5) is 5.69 Å². The molecule has 7 heteroatoms. The average Bonchev–Trinajstić information content (AvgIpc) is 2.42. The fourth-order valence-electron chi connectivity index (χ4n) is 1.58. The van der Waals surface area contributed by atoms with E-state index in [2.05, 4.69) is 42.5 Å². The Balaban J connectivity index is 2.21. The summed E-state index contributed by atoms with van der Waals surface area (Å²) in [5.41, 5.74) is 0.719. The summed E-state index contributed by atoms with van der Waals surface area (Å²) in [6.45, 7) is 2.97. The molecule has 1 amide bonds. The third kappa shape index (κ3) is 7.59. The number of nitrogens with one attached hydrogen (secondary N) is 2. The molecule has 1 aromatic carbocycles. The van der Waals surface area contributed by atoms with Crippen LogP contribution in [0.5, 0.6) is 0 Å². The maximum atomic E-state index is 11.8. The molecule has 0 bridgehead atoms. The molecule has 0 heterocycles. The largest absolute Gasteiger partial charge is 0.466 e. The fourth-order valence-corrected chi connectivity index (χ4v) is 2.72. The number of hydrogen-bond acceptors (Lipinski definition) is 4. The molecule has 0 radical (unpaired) electrons. The Labute approximate surface area is 141 Å². The number of carbonyl (C=O) groups excluding carboxylic acids is 2. The van der Waals surface area contributed by atoms with Gasteiger partial charge in [-0.1, -0.05) is 15.9 Å². The third-order valence-corrected chi connectivity index (χ3v) is 3.68. The first kappa shape index (κ1) is 18.1. The minimum Gasteiger partial charge on any atom is -0.466 e. The van der Waals surface area contributed by atoms with E-state index < -0.39 is 0 Å². The van der Waals surface area contributed by atoms with Crippen LogP contribution in [-0.2, 0) is 14.3 Å². The molecule has 1 rings (SSSR count). The van der Waals surface area contributed by atoms with E-state index in [1.165, 1.54) is 0 Å². The first-order valence-electron chi connectivity index (χ1n) is 6.64. The van der Waals surface area contributed by atoms with Gasteiger partial charge in [0.15, 0.2) is 0 Å².